The fraction of sp³-hybridized carbons (Fsp3) is 0.692. The maximum Gasteiger partial charge on any atom is 0.303 e. The molecule has 0 aromatic carbocycles. The Hall–Kier alpha value is -1.41. The average molecular weight is 317 g/mol. The van der Waals surface area contributed by atoms with Gasteiger partial charge in [0.1, 0.15) is 5.82 Å². The molecule has 120 valence electrons. The minimum atomic E-state index is -3.68. The summed E-state index contributed by atoms with van der Waals surface area (Å²) in [5.74, 6) is -0.252. The first kappa shape index (κ1) is 17.6. The Bertz CT molecular complexity index is 566. The number of H-pyrrole nitrogens is 1. The molecule has 1 rings (SSSR count). The number of aryl methyl sites for hydroxylation is 1. The van der Waals surface area contributed by atoms with Crippen molar-refractivity contribution >= 4 is 16.0 Å². The summed E-state index contributed by atoms with van der Waals surface area (Å²) in [6.07, 6.45) is 2.49. The molecular formula is C13H23N3O4S. The third-order valence-electron chi connectivity index (χ3n) is 3.06. The minimum absolute atomic E-state index is 0.0120. The van der Waals surface area contributed by atoms with Crippen LogP contribution in [0.2, 0.25) is 0 Å². The van der Waals surface area contributed by atoms with Crippen molar-refractivity contribution in [3.05, 3.63) is 12.0 Å². The summed E-state index contributed by atoms with van der Waals surface area (Å²) >= 11 is 0. The van der Waals surface area contributed by atoms with Gasteiger partial charge in [0.05, 0.1) is 6.20 Å². The van der Waals surface area contributed by atoms with Gasteiger partial charge in [-0.1, -0.05) is 20.8 Å². The van der Waals surface area contributed by atoms with Gasteiger partial charge in [-0.2, -0.15) is 0 Å². The number of hydrogen-bond donors (Lipinski definition) is 3. The molecule has 0 saturated carbocycles. The van der Waals surface area contributed by atoms with Crippen LogP contribution in [0, 0.1) is 11.8 Å². The van der Waals surface area contributed by atoms with Gasteiger partial charge in [-0.25, -0.2) is 18.1 Å². The molecule has 0 spiro atoms. The zero-order valence-corrected chi connectivity index (χ0v) is 13.4. The minimum Gasteiger partial charge on any atom is -0.481 e. The van der Waals surface area contributed by atoms with Crippen LogP contribution in [0.5, 0.6) is 0 Å². The molecule has 1 aromatic rings. The topological polar surface area (TPSA) is 112 Å². The van der Waals surface area contributed by atoms with Crippen molar-refractivity contribution in [2.45, 2.75) is 45.1 Å². The van der Waals surface area contributed by atoms with Gasteiger partial charge in [-0.3, -0.25) is 4.79 Å². The molecule has 0 fully saturated rings. The predicted molar refractivity (Wildman–Crippen MR) is 78.4 cm³/mol. The first-order valence-corrected chi connectivity index (χ1v) is 8.48. The summed E-state index contributed by atoms with van der Waals surface area (Å²) < 4.78 is 26.7. The Morgan fingerprint density at radius 2 is 2.14 bits per heavy atom. The highest BCUT2D eigenvalue weighted by Crippen LogP contribution is 2.16. The summed E-state index contributed by atoms with van der Waals surface area (Å²) in [5, 5.41) is 8.90. The summed E-state index contributed by atoms with van der Waals surface area (Å²) in [7, 11) is -3.68. The van der Waals surface area contributed by atoms with Gasteiger partial charge in [0.25, 0.3) is 10.0 Å². The number of aliphatic carboxylic acids is 1. The third kappa shape index (κ3) is 5.84. The van der Waals surface area contributed by atoms with E-state index in [4.69, 9.17) is 5.11 Å². The second kappa shape index (κ2) is 7.56. The molecule has 0 aliphatic heterocycles. The number of imidazole rings is 1. The van der Waals surface area contributed by atoms with Gasteiger partial charge in [0, 0.05) is 19.4 Å². The number of nitrogens with zero attached hydrogens (tertiary/aromatic N) is 1. The van der Waals surface area contributed by atoms with Crippen LogP contribution in [0.3, 0.4) is 0 Å². The predicted octanol–water partition coefficient (Wildman–Crippen LogP) is 1.39. The van der Waals surface area contributed by atoms with Gasteiger partial charge in [0.15, 0.2) is 5.03 Å². The Morgan fingerprint density at radius 3 is 2.62 bits per heavy atom. The lowest BCUT2D eigenvalue weighted by Crippen LogP contribution is -2.31. The van der Waals surface area contributed by atoms with Crippen molar-refractivity contribution in [3.8, 4) is 0 Å². The smallest absolute Gasteiger partial charge is 0.303 e. The van der Waals surface area contributed by atoms with Gasteiger partial charge in [0.2, 0.25) is 0 Å². The largest absolute Gasteiger partial charge is 0.481 e. The fourth-order valence-electron chi connectivity index (χ4n) is 2.12. The molecular weight excluding hydrogens is 294 g/mol. The van der Waals surface area contributed by atoms with Crippen LogP contribution in [-0.2, 0) is 21.2 Å². The lowest BCUT2D eigenvalue weighted by molar-refractivity contribution is -0.138. The first-order valence-electron chi connectivity index (χ1n) is 7.00. The summed E-state index contributed by atoms with van der Waals surface area (Å²) in [6.45, 7) is 5.93. The van der Waals surface area contributed by atoms with Gasteiger partial charge in [-0.05, 0) is 18.3 Å². The number of aromatic nitrogens is 2. The van der Waals surface area contributed by atoms with Crippen LogP contribution < -0.4 is 4.72 Å². The number of aromatic amines is 1. The molecule has 0 aliphatic rings. The van der Waals surface area contributed by atoms with Crippen molar-refractivity contribution in [1.82, 2.24) is 14.7 Å². The van der Waals surface area contributed by atoms with E-state index < -0.39 is 16.0 Å². The van der Waals surface area contributed by atoms with Crippen molar-refractivity contribution in [1.29, 1.82) is 0 Å². The molecule has 1 aromatic heterocycles. The second-order valence-electron chi connectivity index (χ2n) is 5.49. The van der Waals surface area contributed by atoms with Crippen LogP contribution in [0.15, 0.2) is 11.2 Å². The maximum atomic E-state index is 12.1. The van der Waals surface area contributed by atoms with Crippen molar-refractivity contribution in [2.24, 2.45) is 11.8 Å². The average Bonchev–Trinajstić information content (AvgIpc) is 2.84. The van der Waals surface area contributed by atoms with Crippen molar-refractivity contribution in [3.63, 3.8) is 0 Å². The van der Waals surface area contributed by atoms with Crippen LogP contribution >= 0.6 is 0 Å². The molecule has 1 heterocycles. The van der Waals surface area contributed by atoms with Gasteiger partial charge >= 0.3 is 5.97 Å². The Kier molecular flexibility index (Phi) is 6.35. The Morgan fingerprint density at radius 1 is 1.48 bits per heavy atom. The highest BCUT2D eigenvalue weighted by atomic mass is 32.2. The molecule has 21 heavy (non-hydrogen) atoms. The molecule has 7 nitrogen and oxygen atoms in total. The summed E-state index contributed by atoms with van der Waals surface area (Å²) in [5.41, 5.74) is 0. The number of nitrogens with one attached hydrogen (secondary N) is 2. The molecule has 0 bridgehead atoms. The van der Waals surface area contributed by atoms with Gasteiger partial charge < -0.3 is 10.1 Å². The van der Waals surface area contributed by atoms with Crippen molar-refractivity contribution in [2.75, 3.05) is 6.54 Å². The molecule has 0 aliphatic carbocycles. The molecule has 0 saturated heterocycles. The number of carboxylic acid groups (broad SMARTS) is 1. The summed E-state index contributed by atoms with van der Waals surface area (Å²) in [6, 6.07) is 0. The SMILES string of the molecule is CCc1ncc(S(=O)(=O)NCC(CC(=O)O)CC(C)C)[nH]1. The zero-order chi connectivity index (χ0) is 16.0. The quantitative estimate of drug-likeness (QED) is 0.637. The van der Waals surface area contributed by atoms with E-state index in [1.165, 1.54) is 6.20 Å². The molecule has 0 radical (unpaired) electrons. The zero-order valence-electron chi connectivity index (χ0n) is 12.6. The van der Waals surface area contributed by atoms with Crippen LogP contribution in [0.4, 0.5) is 0 Å². The van der Waals surface area contributed by atoms with E-state index in [-0.39, 0.29) is 23.9 Å². The number of sulfonamides is 1. The molecule has 3 N–H and O–H groups in total. The standard InChI is InChI=1S/C13H23N3O4S/c1-4-11-14-8-12(16-11)21(19,20)15-7-10(5-9(2)3)6-13(17)18/h8-10,15H,4-7H2,1-3H3,(H,14,16)(H,17,18). The lowest BCUT2D eigenvalue weighted by atomic mass is 9.94. The Labute approximate surface area is 125 Å². The molecule has 1 unspecified atom stereocenters. The normalized spacial score (nSPS) is 13.5. The molecule has 1 atom stereocenters. The highest BCUT2D eigenvalue weighted by Gasteiger charge is 2.21. The van der Waals surface area contributed by atoms with E-state index in [9.17, 15) is 13.2 Å². The van der Waals surface area contributed by atoms with E-state index in [0.29, 0.717) is 24.6 Å². The number of carboxylic acids is 1. The molecule has 0 amide bonds. The van der Waals surface area contributed by atoms with E-state index >= 15 is 0 Å². The van der Waals surface area contributed by atoms with Crippen LogP contribution in [-0.4, -0.2) is 36.0 Å². The first-order chi connectivity index (χ1) is 9.74. The number of rotatable bonds is 9. The Balaban J connectivity index is 2.70. The maximum absolute atomic E-state index is 12.1. The fourth-order valence-corrected chi connectivity index (χ4v) is 3.17. The number of carbonyl (C=O) groups is 1. The van der Waals surface area contributed by atoms with Crippen LogP contribution in [0.1, 0.15) is 39.4 Å². The van der Waals surface area contributed by atoms with E-state index in [0.717, 1.165) is 0 Å². The van der Waals surface area contributed by atoms with Crippen molar-refractivity contribution < 1.29 is 18.3 Å². The van der Waals surface area contributed by atoms with E-state index in [1.54, 1.807) is 0 Å². The van der Waals surface area contributed by atoms with E-state index in [1.807, 2.05) is 20.8 Å². The molecule has 8 heteroatoms. The second-order valence-corrected chi connectivity index (χ2v) is 7.23. The van der Waals surface area contributed by atoms with Crippen LogP contribution in [0.25, 0.3) is 0 Å². The lowest BCUT2D eigenvalue weighted by Gasteiger charge is -2.17. The third-order valence-corrected chi connectivity index (χ3v) is 4.39. The van der Waals surface area contributed by atoms with Gasteiger partial charge in [-0.15, -0.1) is 0 Å². The number of hydrogen-bond acceptors (Lipinski definition) is 4. The monoisotopic (exact) mass is 317 g/mol. The van der Waals surface area contributed by atoms with E-state index in [2.05, 4.69) is 14.7 Å². The summed E-state index contributed by atoms with van der Waals surface area (Å²) in [4.78, 5) is 17.5. The highest BCUT2D eigenvalue weighted by molar-refractivity contribution is 7.89.